The van der Waals surface area contributed by atoms with E-state index in [0.29, 0.717) is 11.8 Å². The van der Waals surface area contributed by atoms with Crippen LogP contribution in [0.4, 0.5) is 0 Å². The van der Waals surface area contributed by atoms with Crippen LogP contribution in [0.2, 0.25) is 0 Å². The number of nitrogens with zero attached hydrogens (tertiary/aromatic N) is 4. The first-order valence-corrected chi connectivity index (χ1v) is 10.3. The van der Waals surface area contributed by atoms with Crippen molar-refractivity contribution in [2.24, 2.45) is 0 Å². The monoisotopic (exact) mass is 406 g/mol. The van der Waals surface area contributed by atoms with Crippen LogP contribution in [-0.2, 0) is 11.3 Å². The fraction of sp³-hybridized carbons (Fsp3) is 0.227. The van der Waals surface area contributed by atoms with E-state index in [1.54, 1.807) is 4.90 Å². The van der Waals surface area contributed by atoms with Gasteiger partial charge in [-0.05, 0) is 38.1 Å². The van der Waals surface area contributed by atoms with Gasteiger partial charge in [-0.2, -0.15) is 5.10 Å². The molecule has 29 heavy (non-hydrogen) atoms. The smallest absolute Gasteiger partial charge is 0.257 e. The van der Waals surface area contributed by atoms with E-state index in [4.69, 9.17) is 4.42 Å². The number of amides is 1. The average molecular weight is 407 g/mol. The second-order valence-electron chi connectivity index (χ2n) is 6.88. The van der Waals surface area contributed by atoms with Crippen molar-refractivity contribution in [1.82, 2.24) is 19.7 Å². The van der Waals surface area contributed by atoms with Gasteiger partial charge < -0.3 is 9.32 Å². The van der Waals surface area contributed by atoms with Crippen molar-refractivity contribution < 1.29 is 9.21 Å². The number of rotatable bonds is 6. The lowest BCUT2D eigenvalue weighted by Crippen LogP contribution is -2.28. The fourth-order valence-corrected chi connectivity index (χ4v) is 3.98. The Bertz CT molecular complexity index is 1120. The van der Waals surface area contributed by atoms with Gasteiger partial charge in [-0.3, -0.25) is 4.79 Å². The number of oxazole rings is 1. The maximum atomic E-state index is 12.6. The van der Waals surface area contributed by atoms with Gasteiger partial charge >= 0.3 is 0 Å². The predicted octanol–water partition coefficient (Wildman–Crippen LogP) is 4.38. The molecule has 0 N–H and O–H groups in total. The summed E-state index contributed by atoms with van der Waals surface area (Å²) in [5.74, 6) is 0.289. The third-order valence-corrected chi connectivity index (χ3v) is 5.67. The molecule has 0 aliphatic heterocycles. The van der Waals surface area contributed by atoms with Crippen molar-refractivity contribution in [3.8, 4) is 5.69 Å². The van der Waals surface area contributed by atoms with Crippen LogP contribution in [0.5, 0.6) is 0 Å². The number of hydrogen-bond donors (Lipinski definition) is 0. The van der Waals surface area contributed by atoms with Crippen molar-refractivity contribution in [1.29, 1.82) is 0 Å². The first-order chi connectivity index (χ1) is 14.0. The van der Waals surface area contributed by atoms with Crippen LogP contribution in [0, 0.1) is 13.8 Å². The number of thioether (sulfide) groups is 1. The van der Waals surface area contributed by atoms with Gasteiger partial charge in [0.2, 0.25) is 5.91 Å². The molecule has 0 radical (unpaired) electrons. The van der Waals surface area contributed by atoms with Gasteiger partial charge in [0.25, 0.3) is 5.22 Å². The van der Waals surface area contributed by atoms with Crippen molar-refractivity contribution in [3.05, 3.63) is 71.5 Å². The SMILES string of the molecule is Cc1nn(-c2ccccc2)c(C)c1CN(C)C(=O)CSc1nc2ccccc2o1. The lowest BCUT2D eigenvalue weighted by molar-refractivity contribution is -0.127. The van der Waals surface area contributed by atoms with Crippen LogP contribution >= 0.6 is 11.8 Å². The molecule has 0 saturated heterocycles. The summed E-state index contributed by atoms with van der Waals surface area (Å²) >= 11 is 1.31. The van der Waals surface area contributed by atoms with Gasteiger partial charge in [0.1, 0.15) is 5.52 Å². The van der Waals surface area contributed by atoms with Crippen LogP contribution in [0.3, 0.4) is 0 Å². The topological polar surface area (TPSA) is 64.2 Å². The Balaban J connectivity index is 1.43. The number of carbonyl (C=O) groups is 1. The second-order valence-corrected chi connectivity index (χ2v) is 7.81. The molecular formula is C22H22N4O2S. The van der Waals surface area contributed by atoms with E-state index in [-0.39, 0.29) is 11.7 Å². The van der Waals surface area contributed by atoms with Gasteiger partial charge in [0.15, 0.2) is 5.58 Å². The van der Waals surface area contributed by atoms with E-state index in [0.717, 1.165) is 33.7 Å². The van der Waals surface area contributed by atoms with E-state index in [1.165, 1.54) is 11.8 Å². The molecule has 0 saturated carbocycles. The molecule has 0 aliphatic carbocycles. The minimum absolute atomic E-state index is 0.0171. The zero-order valence-corrected chi connectivity index (χ0v) is 17.4. The molecule has 4 aromatic rings. The Labute approximate surface area is 173 Å². The van der Waals surface area contributed by atoms with Crippen molar-refractivity contribution in [2.75, 3.05) is 12.8 Å². The summed E-state index contributed by atoms with van der Waals surface area (Å²) in [6, 6.07) is 17.6. The Morgan fingerprint density at radius 3 is 2.59 bits per heavy atom. The molecule has 0 unspecified atom stereocenters. The third-order valence-electron chi connectivity index (χ3n) is 4.86. The molecule has 1 amide bonds. The van der Waals surface area contributed by atoms with E-state index in [1.807, 2.05) is 80.2 Å². The Hall–Kier alpha value is -3.06. The second kappa shape index (κ2) is 8.13. The molecule has 0 aliphatic rings. The first-order valence-electron chi connectivity index (χ1n) is 9.36. The Kier molecular flexibility index (Phi) is 5.40. The Morgan fingerprint density at radius 1 is 1.10 bits per heavy atom. The zero-order chi connectivity index (χ0) is 20.4. The normalized spacial score (nSPS) is 11.1. The summed E-state index contributed by atoms with van der Waals surface area (Å²) < 4.78 is 7.60. The molecular weight excluding hydrogens is 384 g/mol. The molecule has 2 heterocycles. The number of aromatic nitrogens is 3. The van der Waals surface area contributed by atoms with Gasteiger partial charge in [0, 0.05) is 24.8 Å². The summed E-state index contributed by atoms with van der Waals surface area (Å²) in [6.45, 7) is 4.53. The fourth-order valence-electron chi connectivity index (χ4n) is 3.20. The highest BCUT2D eigenvalue weighted by Crippen LogP contribution is 2.24. The highest BCUT2D eigenvalue weighted by atomic mass is 32.2. The molecule has 0 fully saturated rings. The average Bonchev–Trinajstić information content (AvgIpc) is 3.28. The van der Waals surface area contributed by atoms with Crippen LogP contribution in [-0.4, -0.2) is 38.4 Å². The largest absolute Gasteiger partial charge is 0.431 e. The van der Waals surface area contributed by atoms with Crippen LogP contribution in [0.1, 0.15) is 17.0 Å². The van der Waals surface area contributed by atoms with Crippen molar-refractivity contribution in [2.45, 2.75) is 25.6 Å². The number of benzene rings is 2. The zero-order valence-electron chi connectivity index (χ0n) is 16.6. The van der Waals surface area contributed by atoms with Gasteiger partial charge in [-0.1, -0.05) is 42.1 Å². The molecule has 0 atom stereocenters. The van der Waals surface area contributed by atoms with Gasteiger partial charge in [-0.25, -0.2) is 9.67 Å². The first kappa shape index (κ1) is 19.3. The Morgan fingerprint density at radius 2 is 1.83 bits per heavy atom. The summed E-state index contributed by atoms with van der Waals surface area (Å²) in [6.07, 6.45) is 0. The summed E-state index contributed by atoms with van der Waals surface area (Å²) in [5, 5.41) is 5.17. The van der Waals surface area contributed by atoms with Crippen molar-refractivity contribution >= 4 is 28.8 Å². The maximum Gasteiger partial charge on any atom is 0.257 e. The third kappa shape index (κ3) is 4.05. The van der Waals surface area contributed by atoms with Crippen molar-refractivity contribution in [3.63, 3.8) is 0 Å². The molecule has 148 valence electrons. The van der Waals surface area contributed by atoms with E-state index in [2.05, 4.69) is 10.1 Å². The van der Waals surface area contributed by atoms with Crippen LogP contribution in [0.25, 0.3) is 16.8 Å². The summed E-state index contributed by atoms with van der Waals surface area (Å²) in [4.78, 5) is 18.8. The van der Waals surface area contributed by atoms with Gasteiger partial charge in [-0.15, -0.1) is 0 Å². The number of para-hydroxylation sites is 3. The summed E-state index contributed by atoms with van der Waals surface area (Å²) in [7, 11) is 1.81. The van der Waals surface area contributed by atoms with Crippen LogP contribution in [0.15, 0.2) is 64.2 Å². The summed E-state index contributed by atoms with van der Waals surface area (Å²) in [5.41, 5.74) is 5.58. The number of fused-ring (bicyclic) bond motifs is 1. The van der Waals surface area contributed by atoms with E-state index in [9.17, 15) is 4.79 Å². The lowest BCUT2D eigenvalue weighted by atomic mass is 10.2. The standard InChI is InChI=1S/C22H22N4O2S/c1-15-18(16(2)26(24-15)17-9-5-4-6-10-17)13-25(3)21(27)14-29-22-23-19-11-7-8-12-20(19)28-22/h4-12H,13-14H2,1-3H3. The number of hydrogen-bond acceptors (Lipinski definition) is 5. The molecule has 2 aromatic carbocycles. The van der Waals surface area contributed by atoms with E-state index < -0.39 is 0 Å². The molecule has 0 spiro atoms. The van der Waals surface area contributed by atoms with Gasteiger partial charge in [0.05, 0.1) is 17.1 Å². The minimum atomic E-state index is 0.0171. The number of carbonyl (C=O) groups excluding carboxylic acids is 1. The highest BCUT2D eigenvalue weighted by molar-refractivity contribution is 7.99. The lowest BCUT2D eigenvalue weighted by Gasteiger charge is -2.17. The van der Waals surface area contributed by atoms with E-state index >= 15 is 0 Å². The predicted molar refractivity (Wildman–Crippen MR) is 114 cm³/mol. The molecule has 6 nitrogen and oxygen atoms in total. The molecule has 4 rings (SSSR count). The quantitative estimate of drug-likeness (QED) is 0.445. The maximum absolute atomic E-state index is 12.6. The molecule has 0 bridgehead atoms. The molecule has 7 heteroatoms. The number of aryl methyl sites for hydroxylation is 1. The van der Waals surface area contributed by atoms with Crippen LogP contribution < -0.4 is 0 Å². The molecule has 2 aromatic heterocycles. The highest BCUT2D eigenvalue weighted by Gasteiger charge is 2.18. The minimum Gasteiger partial charge on any atom is -0.431 e.